The fourth-order valence-corrected chi connectivity index (χ4v) is 3.01. The van der Waals surface area contributed by atoms with Crippen LogP contribution in [0.2, 0.25) is 5.02 Å². The molecule has 0 spiro atoms. The minimum Gasteiger partial charge on any atom is -0.502 e. The van der Waals surface area contributed by atoms with Crippen molar-refractivity contribution in [1.82, 2.24) is 0 Å². The lowest BCUT2D eigenvalue weighted by Gasteiger charge is -2.19. The molecule has 0 bridgehead atoms. The number of aliphatic hydroxyl groups is 2. The average molecular weight is 407 g/mol. The zero-order valence-corrected chi connectivity index (χ0v) is 15.0. The quantitative estimate of drug-likeness (QED) is 0.502. The van der Waals surface area contributed by atoms with Gasteiger partial charge in [0.05, 0.1) is 0 Å². The van der Waals surface area contributed by atoms with Crippen LogP contribution in [0.25, 0.3) is 0 Å². The van der Waals surface area contributed by atoms with Crippen LogP contribution in [0.15, 0.2) is 54.8 Å². The maximum Gasteiger partial charge on any atom is 0.227 e. The highest BCUT2D eigenvalue weighted by Crippen LogP contribution is 2.41. The van der Waals surface area contributed by atoms with Gasteiger partial charge in [-0.15, -0.1) is 0 Å². The van der Waals surface area contributed by atoms with Crippen molar-refractivity contribution in [2.24, 2.45) is 0 Å². The molecular weight excluding hydrogens is 392 g/mol. The first-order chi connectivity index (χ1) is 13.4. The minimum atomic E-state index is -1.31. The fraction of sp³-hybridized carbons (Fsp3) is 0.158. The smallest absolute Gasteiger partial charge is 0.227 e. The summed E-state index contributed by atoms with van der Waals surface area (Å²) >= 11 is 6.25. The number of hydrogen-bond donors (Lipinski definition) is 4. The van der Waals surface area contributed by atoms with Crippen LogP contribution in [0.5, 0.6) is 11.5 Å². The Morgan fingerprint density at radius 3 is 1.75 bits per heavy atom. The Morgan fingerprint density at radius 2 is 1.32 bits per heavy atom. The van der Waals surface area contributed by atoms with E-state index < -0.39 is 53.0 Å². The van der Waals surface area contributed by atoms with Gasteiger partial charge in [-0.05, 0) is 11.6 Å². The third kappa shape index (κ3) is 3.53. The van der Waals surface area contributed by atoms with E-state index in [-0.39, 0.29) is 22.1 Å². The molecule has 1 aromatic carbocycles. The van der Waals surface area contributed by atoms with Crippen molar-refractivity contribution < 1.29 is 29.3 Å². The van der Waals surface area contributed by atoms with Crippen LogP contribution in [0.3, 0.4) is 0 Å². The number of aliphatic hydroxyl groups excluding tert-OH is 2. The molecule has 3 rings (SSSR count). The van der Waals surface area contributed by atoms with E-state index in [2.05, 4.69) is 0 Å². The van der Waals surface area contributed by atoms with Gasteiger partial charge in [0, 0.05) is 17.2 Å². The Hall–Kier alpha value is -3.07. The lowest BCUT2D eigenvalue weighted by molar-refractivity contribution is 0.225. The van der Waals surface area contributed by atoms with Gasteiger partial charge in [0.1, 0.15) is 30.7 Å². The van der Waals surface area contributed by atoms with E-state index in [0.717, 1.165) is 12.1 Å². The predicted octanol–water partition coefficient (Wildman–Crippen LogP) is 1.82. The van der Waals surface area contributed by atoms with Crippen LogP contribution in [0.4, 0.5) is 0 Å². The molecule has 0 unspecified atom stereocenters. The second-order valence-electron chi connectivity index (χ2n) is 5.85. The Morgan fingerprint density at radius 1 is 0.857 bits per heavy atom. The second kappa shape index (κ2) is 7.89. The molecule has 146 valence electrons. The van der Waals surface area contributed by atoms with Gasteiger partial charge in [-0.2, -0.15) is 0 Å². The lowest BCUT2D eigenvalue weighted by Crippen LogP contribution is -2.14. The summed E-state index contributed by atoms with van der Waals surface area (Å²) in [5.41, 5.74) is -1.45. The number of aromatic hydroxyl groups is 2. The third-order valence-electron chi connectivity index (χ3n) is 4.05. The summed E-state index contributed by atoms with van der Waals surface area (Å²) < 4.78 is 10.9. The minimum absolute atomic E-state index is 0.157. The molecule has 0 saturated heterocycles. The molecule has 0 saturated carbocycles. The molecule has 4 N–H and O–H groups in total. The van der Waals surface area contributed by atoms with Gasteiger partial charge in [0.15, 0.2) is 11.5 Å². The van der Waals surface area contributed by atoms with E-state index in [9.17, 15) is 30.0 Å². The van der Waals surface area contributed by atoms with Gasteiger partial charge in [-0.1, -0.05) is 29.8 Å². The van der Waals surface area contributed by atoms with Crippen LogP contribution in [0, 0.1) is 0 Å². The summed E-state index contributed by atoms with van der Waals surface area (Å²) in [7, 11) is 0. The highest BCUT2D eigenvalue weighted by Gasteiger charge is 2.32. The highest BCUT2D eigenvalue weighted by atomic mass is 35.5. The van der Waals surface area contributed by atoms with Gasteiger partial charge >= 0.3 is 0 Å². The average Bonchev–Trinajstić information content (AvgIpc) is 2.69. The van der Waals surface area contributed by atoms with Crippen molar-refractivity contribution in [3.05, 3.63) is 90.5 Å². The van der Waals surface area contributed by atoms with Gasteiger partial charge in [0.2, 0.25) is 22.4 Å². The summed E-state index contributed by atoms with van der Waals surface area (Å²) in [4.78, 5) is 24.2. The zero-order chi connectivity index (χ0) is 20.4. The largest absolute Gasteiger partial charge is 0.502 e. The Kier molecular flexibility index (Phi) is 5.55. The molecule has 0 fully saturated rings. The third-order valence-corrected chi connectivity index (χ3v) is 4.40. The molecule has 3 aromatic rings. The maximum absolute atomic E-state index is 12.1. The molecule has 0 atom stereocenters. The van der Waals surface area contributed by atoms with E-state index in [0.29, 0.717) is 0 Å². The van der Waals surface area contributed by atoms with Gasteiger partial charge in [-0.3, -0.25) is 9.59 Å². The summed E-state index contributed by atoms with van der Waals surface area (Å²) in [5, 5.41) is 39.5. The van der Waals surface area contributed by atoms with Crippen molar-refractivity contribution in [3.8, 4) is 11.5 Å². The number of halogens is 1. The van der Waals surface area contributed by atoms with Crippen LogP contribution in [-0.4, -0.2) is 20.4 Å². The summed E-state index contributed by atoms with van der Waals surface area (Å²) in [6.45, 7) is -1.27. The van der Waals surface area contributed by atoms with Crippen molar-refractivity contribution in [1.29, 1.82) is 0 Å². The number of hydrogen-bond acceptors (Lipinski definition) is 8. The molecule has 0 radical (unpaired) electrons. The Labute approximate surface area is 162 Å². The first kappa shape index (κ1) is 19.7. The van der Waals surface area contributed by atoms with E-state index in [4.69, 9.17) is 20.4 Å². The molecule has 0 aliphatic carbocycles. The van der Waals surface area contributed by atoms with Crippen molar-refractivity contribution in [3.63, 3.8) is 0 Å². The fourth-order valence-electron chi connectivity index (χ4n) is 2.77. The van der Waals surface area contributed by atoms with Gasteiger partial charge < -0.3 is 29.3 Å². The lowest BCUT2D eigenvalue weighted by atomic mass is 9.91. The first-order valence-electron chi connectivity index (χ1n) is 8.05. The topological polar surface area (TPSA) is 141 Å². The molecule has 2 aromatic heterocycles. The van der Waals surface area contributed by atoms with Gasteiger partial charge in [-0.25, -0.2) is 0 Å². The molecule has 9 heteroatoms. The molecule has 0 amide bonds. The van der Waals surface area contributed by atoms with Crippen molar-refractivity contribution >= 4 is 11.6 Å². The predicted molar refractivity (Wildman–Crippen MR) is 97.5 cm³/mol. The SMILES string of the molecule is O=c1cc(CO)oc(C(c2ccccc2Cl)c2oc(CO)cc(=O)c2O)c1O. The molecule has 0 aliphatic heterocycles. The summed E-state index contributed by atoms with van der Waals surface area (Å²) in [6.07, 6.45) is 0. The molecular formula is C19H15ClO8. The monoisotopic (exact) mass is 406 g/mol. The zero-order valence-electron chi connectivity index (χ0n) is 14.3. The summed E-state index contributed by atoms with van der Waals surface area (Å²) in [6, 6.07) is 8.07. The van der Waals surface area contributed by atoms with E-state index in [1.165, 1.54) is 12.1 Å². The Bertz CT molecular complexity index is 1060. The number of benzene rings is 1. The Balaban J connectivity index is 2.41. The summed E-state index contributed by atoms with van der Waals surface area (Å²) in [5.74, 6) is -4.02. The van der Waals surface area contributed by atoms with E-state index >= 15 is 0 Å². The molecule has 8 nitrogen and oxygen atoms in total. The molecule has 0 aliphatic rings. The van der Waals surface area contributed by atoms with E-state index in [1.807, 2.05) is 0 Å². The van der Waals surface area contributed by atoms with Gasteiger partial charge in [0.25, 0.3) is 0 Å². The standard InChI is InChI=1S/C19H15ClO8/c20-12-4-2-1-3-11(12)15(18-16(25)13(23)5-9(7-21)27-18)19-17(26)14(24)6-10(8-22)28-19/h1-6,15,21-22,25-26H,7-8H2. The second-order valence-corrected chi connectivity index (χ2v) is 6.26. The number of rotatable bonds is 5. The van der Waals surface area contributed by atoms with Crippen molar-refractivity contribution in [2.75, 3.05) is 0 Å². The van der Waals surface area contributed by atoms with E-state index in [1.54, 1.807) is 12.1 Å². The first-order valence-corrected chi connectivity index (χ1v) is 8.43. The van der Waals surface area contributed by atoms with Crippen LogP contribution >= 0.6 is 11.6 Å². The van der Waals surface area contributed by atoms with Crippen LogP contribution in [-0.2, 0) is 13.2 Å². The molecule has 28 heavy (non-hydrogen) atoms. The van der Waals surface area contributed by atoms with Crippen LogP contribution in [0.1, 0.15) is 34.5 Å². The van der Waals surface area contributed by atoms with Crippen molar-refractivity contribution in [2.45, 2.75) is 19.1 Å². The highest BCUT2D eigenvalue weighted by molar-refractivity contribution is 6.31. The molecule has 2 heterocycles. The maximum atomic E-state index is 12.1. The van der Waals surface area contributed by atoms with Crippen LogP contribution < -0.4 is 10.9 Å². The normalized spacial score (nSPS) is 11.1.